The quantitative estimate of drug-likeness (QED) is 0.463. The fourth-order valence-corrected chi connectivity index (χ4v) is 1.14. The number of esters is 1. The number of hydrogen-bond donors (Lipinski definition) is 1. The molecule has 0 aromatic heterocycles. The molecule has 0 radical (unpaired) electrons. The highest BCUT2D eigenvalue weighted by atomic mass is 16.6. The molecule has 0 aliphatic heterocycles. The minimum Gasteiger partial charge on any atom is -0.465 e. The Morgan fingerprint density at radius 2 is 2.20 bits per heavy atom. The van der Waals surface area contributed by atoms with E-state index in [1.807, 2.05) is 0 Å². The lowest BCUT2D eigenvalue weighted by atomic mass is 10.1. The number of carbonyl (C=O) groups excluding carboxylic acids is 1. The van der Waals surface area contributed by atoms with E-state index in [1.54, 1.807) is 7.05 Å². The Kier molecular flexibility index (Phi) is 3.22. The number of non-ortho nitro benzene ring substituents is 1. The number of nitro groups is 1. The molecule has 0 aliphatic carbocycles. The first-order chi connectivity index (χ1) is 7.10. The third-order valence-electron chi connectivity index (χ3n) is 1.89. The van der Waals surface area contributed by atoms with Crippen molar-refractivity contribution in [1.82, 2.24) is 0 Å². The number of nitrogens with one attached hydrogen (secondary N) is 1. The number of anilines is 1. The molecule has 0 saturated carbocycles. The molecule has 0 unspecified atom stereocenters. The van der Waals surface area contributed by atoms with Gasteiger partial charge in [0.15, 0.2) is 0 Å². The van der Waals surface area contributed by atoms with E-state index in [0.29, 0.717) is 5.69 Å². The zero-order valence-electron chi connectivity index (χ0n) is 8.31. The Hall–Kier alpha value is -2.11. The maximum atomic E-state index is 11.2. The fraction of sp³-hybridized carbons (Fsp3) is 0.222. The molecule has 0 saturated heterocycles. The van der Waals surface area contributed by atoms with Crippen LogP contribution in [0.5, 0.6) is 0 Å². The van der Waals surface area contributed by atoms with Gasteiger partial charge in [-0.2, -0.15) is 0 Å². The molecule has 0 bridgehead atoms. The van der Waals surface area contributed by atoms with Crippen molar-refractivity contribution >= 4 is 17.3 Å². The van der Waals surface area contributed by atoms with Crippen LogP contribution in [-0.2, 0) is 4.74 Å². The molecule has 1 N–H and O–H groups in total. The van der Waals surface area contributed by atoms with Gasteiger partial charge in [0.05, 0.1) is 23.3 Å². The summed E-state index contributed by atoms with van der Waals surface area (Å²) in [5, 5.41) is 13.2. The lowest BCUT2D eigenvalue weighted by molar-refractivity contribution is -0.384. The minimum absolute atomic E-state index is 0.0768. The van der Waals surface area contributed by atoms with E-state index in [9.17, 15) is 14.9 Å². The zero-order valence-corrected chi connectivity index (χ0v) is 8.31. The maximum Gasteiger partial charge on any atom is 0.339 e. The smallest absolute Gasteiger partial charge is 0.339 e. The molecule has 6 heteroatoms. The monoisotopic (exact) mass is 210 g/mol. The van der Waals surface area contributed by atoms with Crippen molar-refractivity contribution < 1.29 is 14.5 Å². The summed E-state index contributed by atoms with van der Waals surface area (Å²) in [7, 11) is 2.83. The van der Waals surface area contributed by atoms with Gasteiger partial charge in [0, 0.05) is 19.2 Å². The van der Waals surface area contributed by atoms with Gasteiger partial charge in [-0.05, 0) is 6.07 Å². The molecule has 0 spiro atoms. The van der Waals surface area contributed by atoms with E-state index >= 15 is 0 Å². The van der Waals surface area contributed by atoms with Crippen LogP contribution in [0, 0.1) is 10.1 Å². The highest BCUT2D eigenvalue weighted by Gasteiger charge is 2.15. The van der Waals surface area contributed by atoms with Crippen molar-refractivity contribution in [2.75, 3.05) is 19.5 Å². The zero-order chi connectivity index (χ0) is 11.4. The molecular weight excluding hydrogens is 200 g/mol. The second-order valence-electron chi connectivity index (χ2n) is 2.73. The largest absolute Gasteiger partial charge is 0.465 e. The van der Waals surface area contributed by atoms with Crippen molar-refractivity contribution in [1.29, 1.82) is 0 Å². The lowest BCUT2D eigenvalue weighted by Crippen LogP contribution is -2.06. The fourth-order valence-electron chi connectivity index (χ4n) is 1.14. The van der Waals surface area contributed by atoms with Crippen LogP contribution in [0.25, 0.3) is 0 Å². The summed E-state index contributed by atoms with van der Waals surface area (Å²) < 4.78 is 4.53. The van der Waals surface area contributed by atoms with Gasteiger partial charge in [0.1, 0.15) is 0 Å². The van der Waals surface area contributed by atoms with Crippen molar-refractivity contribution in [3.8, 4) is 0 Å². The molecule has 0 fully saturated rings. The van der Waals surface area contributed by atoms with Gasteiger partial charge >= 0.3 is 5.97 Å². The van der Waals surface area contributed by atoms with E-state index < -0.39 is 10.9 Å². The molecular formula is C9H10N2O4. The molecule has 80 valence electrons. The number of ether oxygens (including phenoxy) is 1. The first-order valence-electron chi connectivity index (χ1n) is 4.14. The topological polar surface area (TPSA) is 81.5 Å². The third kappa shape index (κ3) is 2.22. The Bertz CT molecular complexity index is 403. The van der Waals surface area contributed by atoms with Crippen LogP contribution in [0.2, 0.25) is 0 Å². The van der Waals surface area contributed by atoms with Gasteiger partial charge in [-0.25, -0.2) is 4.79 Å². The number of nitro benzene ring substituents is 1. The number of benzene rings is 1. The molecule has 1 aromatic carbocycles. The second-order valence-corrected chi connectivity index (χ2v) is 2.73. The van der Waals surface area contributed by atoms with Gasteiger partial charge in [-0.15, -0.1) is 0 Å². The SMILES string of the molecule is CNc1cc([N+](=O)[O-])ccc1C(=O)OC. The van der Waals surface area contributed by atoms with E-state index in [-0.39, 0.29) is 11.3 Å². The summed E-state index contributed by atoms with van der Waals surface area (Å²) in [6, 6.07) is 3.90. The molecule has 0 amide bonds. The molecule has 1 rings (SSSR count). The average molecular weight is 210 g/mol. The number of hydrogen-bond acceptors (Lipinski definition) is 5. The number of carbonyl (C=O) groups is 1. The molecule has 15 heavy (non-hydrogen) atoms. The van der Waals surface area contributed by atoms with Crippen LogP contribution in [-0.4, -0.2) is 25.1 Å². The van der Waals surface area contributed by atoms with Crippen molar-refractivity contribution in [3.05, 3.63) is 33.9 Å². The normalized spacial score (nSPS) is 9.47. The predicted octanol–water partition coefficient (Wildman–Crippen LogP) is 1.42. The van der Waals surface area contributed by atoms with Crippen molar-refractivity contribution in [2.45, 2.75) is 0 Å². The van der Waals surface area contributed by atoms with Gasteiger partial charge in [0.25, 0.3) is 5.69 Å². The van der Waals surface area contributed by atoms with Crippen LogP contribution < -0.4 is 5.32 Å². The number of methoxy groups -OCH3 is 1. The number of nitrogens with zero attached hydrogens (tertiary/aromatic N) is 1. The molecule has 0 aliphatic rings. The summed E-state index contributed by atoms with van der Waals surface area (Å²) in [4.78, 5) is 21.2. The summed E-state index contributed by atoms with van der Waals surface area (Å²) in [6.45, 7) is 0. The second kappa shape index (κ2) is 4.41. The Balaban J connectivity index is 3.20. The first kappa shape index (κ1) is 11.0. The van der Waals surface area contributed by atoms with E-state index in [4.69, 9.17) is 0 Å². The third-order valence-corrected chi connectivity index (χ3v) is 1.89. The van der Waals surface area contributed by atoms with E-state index in [0.717, 1.165) is 0 Å². The summed E-state index contributed by atoms with van der Waals surface area (Å²) in [6.07, 6.45) is 0. The van der Waals surface area contributed by atoms with Crippen LogP contribution in [0.3, 0.4) is 0 Å². The summed E-state index contributed by atoms with van der Waals surface area (Å²) >= 11 is 0. The van der Waals surface area contributed by atoms with Gasteiger partial charge in [-0.3, -0.25) is 10.1 Å². The molecule has 1 aromatic rings. The molecule has 0 heterocycles. The number of rotatable bonds is 3. The average Bonchev–Trinajstić information content (AvgIpc) is 2.27. The summed E-state index contributed by atoms with van der Waals surface area (Å²) in [5.41, 5.74) is 0.564. The summed E-state index contributed by atoms with van der Waals surface area (Å²) in [5.74, 6) is -0.533. The lowest BCUT2D eigenvalue weighted by Gasteiger charge is -2.06. The van der Waals surface area contributed by atoms with Gasteiger partial charge in [0.2, 0.25) is 0 Å². The van der Waals surface area contributed by atoms with Gasteiger partial charge in [-0.1, -0.05) is 0 Å². The molecule has 6 nitrogen and oxygen atoms in total. The van der Waals surface area contributed by atoms with E-state index in [1.165, 1.54) is 25.3 Å². The van der Waals surface area contributed by atoms with E-state index in [2.05, 4.69) is 10.1 Å². The maximum absolute atomic E-state index is 11.2. The Morgan fingerprint density at radius 1 is 1.53 bits per heavy atom. The van der Waals surface area contributed by atoms with Crippen LogP contribution in [0.1, 0.15) is 10.4 Å². The minimum atomic E-state index is -0.533. The van der Waals surface area contributed by atoms with Crippen LogP contribution in [0.4, 0.5) is 11.4 Å². The van der Waals surface area contributed by atoms with Crippen LogP contribution in [0.15, 0.2) is 18.2 Å². The predicted molar refractivity (Wildman–Crippen MR) is 54.0 cm³/mol. The Morgan fingerprint density at radius 3 is 2.67 bits per heavy atom. The van der Waals surface area contributed by atoms with Crippen LogP contribution >= 0.6 is 0 Å². The van der Waals surface area contributed by atoms with Crippen molar-refractivity contribution in [2.24, 2.45) is 0 Å². The van der Waals surface area contributed by atoms with Gasteiger partial charge < -0.3 is 10.1 Å². The van der Waals surface area contributed by atoms with Crippen molar-refractivity contribution in [3.63, 3.8) is 0 Å². The first-order valence-corrected chi connectivity index (χ1v) is 4.14. The molecule has 0 atom stereocenters. The highest BCUT2D eigenvalue weighted by Crippen LogP contribution is 2.22. The Labute approximate surface area is 86.0 Å². The highest BCUT2D eigenvalue weighted by molar-refractivity contribution is 5.96. The standard InChI is InChI=1S/C9H10N2O4/c1-10-8-5-6(11(13)14)3-4-7(8)9(12)15-2/h3-5,10H,1-2H3.